The Morgan fingerprint density at radius 3 is 2.74 bits per heavy atom. The van der Waals surface area contributed by atoms with Crippen LogP contribution in [-0.2, 0) is 24.2 Å². The Morgan fingerprint density at radius 1 is 1.16 bits per heavy atom. The first-order chi connectivity index (χ1) is 14.7. The van der Waals surface area contributed by atoms with Crippen LogP contribution in [0.15, 0.2) is 47.5 Å². The second-order valence-electron chi connectivity index (χ2n) is 7.58. The zero-order chi connectivity index (χ0) is 20.8. The van der Waals surface area contributed by atoms with Gasteiger partial charge in [-0.15, -0.1) is 24.0 Å². The number of aliphatic imine (C=N–C) groups is 1. The lowest BCUT2D eigenvalue weighted by Gasteiger charge is -2.28. The minimum atomic E-state index is 0. The fourth-order valence-electron chi connectivity index (χ4n) is 3.81. The van der Waals surface area contributed by atoms with E-state index in [1.165, 1.54) is 16.7 Å². The molecule has 2 aromatic carbocycles. The number of benzene rings is 2. The van der Waals surface area contributed by atoms with Gasteiger partial charge in [0.15, 0.2) is 5.96 Å². The predicted octanol–water partition coefficient (Wildman–Crippen LogP) is 2.08. The summed E-state index contributed by atoms with van der Waals surface area (Å²) in [6, 6.07) is 14.8. The van der Waals surface area contributed by atoms with Crippen molar-refractivity contribution in [1.29, 1.82) is 0 Å². The second kappa shape index (κ2) is 11.2. The number of carbonyl (C=O) groups is 1. The number of amides is 1. The molecule has 31 heavy (non-hydrogen) atoms. The maximum atomic E-state index is 11.6. The van der Waals surface area contributed by atoms with Crippen molar-refractivity contribution in [3.8, 4) is 5.75 Å². The van der Waals surface area contributed by atoms with Crippen molar-refractivity contribution in [2.24, 2.45) is 4.99 Å². The maximum Gasteiger partial charge on any atom is 0.239 e. The van der Waals surface area contributed by atoms with Crippen molar-refractivity contribution >= 4 is 41.5 Å². The molecule has 0 spiro atoms. The van der Waals surface area contributed by atoms with E-state index in [9.17, 15) is 4.79 Å². The summed E-state index contributed by atoms with van der Waals surface area (Å²) in [6.07, 6.45) is 1.94. The molecular weight excluding hydrogens is 505 g/mol. The van der Waals surface area contributed by atoms with Crippen LogP contribution < -0.4 is 25.6 Å². The van der Waals surface area contributed by atoms with Gasteiger partial charge in [-0.25, -0.2) is 0 Å². The topological polar surface area (TPSA) is 78.0 Å². The third-order valence-corrected chi connectivity index (χ3v) is 5.48. The predicted molar refractivity (Wildman–Crippen MR) is 135 cm³/mol. The zero-order valence-corrected chi connectivity index (χ0v) is 20.1. The van der Waals surface area contributed by atoms with Gasteiger partial charge in [-0.3, -0.25) is 9.79 Å². The van der Waals surface area contributed by atoms with E-state index in [0.29, 0.717) is 19.6 Å². The quantitative estimate of drug-likeness (QED) is 0.300. The SMILES string of the molecule is CN=C(NCCc1ccc2c(c1)CCO2)NCc1ccc(N2CCNC(=O)C2)cc1.I. The summed E-state index contributed by atoms with van der Waals surface area (Å²) in [5, 5.41) is 9.59. The van der Waals surface area contributed by atoms with E-state index in [-0.39, 0.29) is 29.9 Å². The van der Waals surface area contributed by atoms with Crippen LogP contribution in [0.3, 0.4) is 0 Å². The van der Waals surface area contributed by atoms with Gasteiger partial charge in [-0.05, 0) is 41.3 Å². The highest BCUT2D eigenvalue weighted by molar-refractivity contribution is 14.0. The van der Waals surface area contributed by atoms with E-state index in [1.807, 2.05) is 0 Å². The molecule has 4 rings (SSSR count). The highest BCUT2D eigenvalue weighted by Gasteiger charge is 2.16. The molecule has 3 N–H and O–H groups in total. The smallest absolute Gasteiger partial charge is 0.239 e. The molecule has 1 saturated heterocycles. The van der Waals surface area contributed by atoms with Crippen molar-refractivity contribution in [1.82, 2.24) is 16.0 Å². The molecule has 166 valence electrons. The maximum absolute atomic E-state index is 11.6. The summed E-state index contributed by atoms with van der Waals surface area (Å²) in [5.41, 5.74) is 4.87. The van der Waals surface area contributed by atoms with Gasteiger partial charge in [0.2, 0.25) is 5.91 Å². The number of fused-ring (bicyclic) bond motifs is 1. The highest BCUT2D eigenvalue weighted by atomic mass is 127. The van der Waals surface area contributed by atoms with Crippen LogP contribution >= 0.6 is 24.0 Å². The Kier molecular flexibility index (Phi) is 8.39. The van der Waals surface area contributed by atoms with Crippen molar-refractivity contribution < 1.29 is 9.53 Å². The average Bonchev–Trinajstić information content (AvgIpc) is 3.24. The first kappa shape index (κ1) is 23.2. The third-order valence-electron chi connectivity index (χ3n) is 5.48. The molecule has 2 aliphatic rings. The number of guanidine groups is 1. The number of anilines is 1. The molecule has 0 atom stereocenters. The first-order valence-electron chi connectivity index (χ1n) is 10.5. The lowest BCUT2D eigenvalue weighted by atomic mass is 10.1. The fourth-order valence-corrected chi connectivity index (χ4v) is 3.81. The summed E-state index contributed by atoms with van der Waals surface area (Å²) in [7, 11) is 1.78. The Bertz CT molecular complexity index is 917. The monoisotopic (exact) mass is 535 g/mol. The number of ether oxygens (including phenoxy) is 1. The van der Waals surface area contributed by atoms with Gasteiger partial charge in [0, 0.05) is 45.3 Å². The van der Waals surface area contributed by atoms with Crippen LogP contribution in [0.5, 0.6) is 5.75 Å². The van der Waals surface area contributed by atoms with E-state index in [1.54, 1.807) is 7.05 Å². The van der Waals surface area contributed by atoms with E-state index < -0.39 is 0 Å². The molecule has 2 aliphatic heterocycles. The Hall–Kier alpha value is -2.49. The average molecular weight is 535 g/mol. The van der Waals surface area contributed by atoms with Gasteiger partial charge in [0.1, 0.15) is 5.75 Å². The van der Waals surface area contributed by atoms with E-state index in [4.69, 9.17) is 4.74 Å². The van der Waals surface area contributed by atoms with Gasteiger partial charge in [-0.1, -0.05) is 24.3 Å². The summed E-state index contributed by atoms with van der Waals surface area (Å²) in [6.45, 7) is 4.26. The summed E-state index contributed by atoms with van der Waals surface area (Å²) < 4.78 is 5.57. The van der Waals surface area contributed by atoms with Crippen LogP contribution in [0.1, 0.15) is 16.7 Å². The number of nitrogens with zero attached hydrogens (tertiary/aromatic N) is 2. The van der Waals surface area contributed by atoms with Gasteiger partial charge in [-0.2, -0.15) is 0 Å². The number of hydrogen-bond acceptors (Lipinski definition) is 4. The zero-order valence-electron chi connectivity index (χ0n) is 17.8. The van der Waals surface area contributed by atoms with Gasteiger partial charge in [0.05, 0.1) is 13.2 Å². The fraction of sp³-hybridized carbons (Fsp3) is 0.391. The molecule has 0 aromatic heterocycles. The molecule has 2 aromatic rings. The summed E-state index contributed by atoms with van der Waals surface area (Å²) in [4.78, 5) is 18.0. The van der Waals surface area contributed by atoms with Crippen LogP contribution in [0, 0.1) is 0 Å². The van der Waals surface area contributed by atoms with Crippen molar-refractivity contribution in [3.63, 3.8) is 0 Å². The number of carbonyl (C=O) groups excluding carboxylic acids is 1. The number of piperazine rings is 1. The van der Waals surface area contributed by atoms with Gasteiger partial charge in [0.25, 0.3) is 0 Å². The molecule has 0 bridgehead atoms. The minimum Gasteiger partial charge on any atom is -0.493 e. The summed E-state index contributed by atoms with van der Waals surface area (Å²) >= 11 is 0. The molecule has 0 unspecified atom stereocenters. The number of halogens is 1. The lowest BCUT2D eigenvalue weighted by molar-refractivity contribution is -0.120. The van der Waals surface area contributed by atoms with Crippen LogP contribution in [0.4, 0.5) is 5.69 Å². The number of nitrogens with one attached hydrogen (secondary N) is 3. The molecular formula is C23H30IN5O2. The largest absolute Gasteiger partial charge is 0.493 e. The van der Waals surface area contributed by atoms with E-state index >= 15 is 0 Å². The number of rotatable bonds is 6. The van der Waals surface area contributed by atoms with Crippen molar-refractivity contribution in [2.45, 2.75) is 19.4 Å². The van der Waals surface area contributed by atoms with E-state index in [0.717, 1.165) is 49.9 Å². The Balaban J connectivity index is 0.00000272. The summed E-state index contributed by atoms with van der Waals surface area (Å²) in [5.74, 6) is 1.89. The first-order valence-corrected chi connectivity index (χ1v) is 10.5. The molecule has 1 fully saturated rings. The molecule has 8 heteroatoms. The molecule has 0 saturated carbocycles. The molecule has 0 radical (unpaired) electrons. The van der Waals surface area contributed by atoms with Crippen LogP contribution in [0.25, 0.3) is 0 Å². The van der Waals surface area contributed by atoms with Crippen LogP contribution in [0.2, 0.25) is 0 Å². The number of hydrogen-bond donors (Lipinski definition) is 3. The van der Waals surface area contributed by atoms with Crippen LogP contribution in [-0.4, -0.2) is 51.7 Å². The van der Waals surface area contributed by atoms with Crippen molar-refractivity contribution in [3.05, 3.63) is 59.2 Å². The second-order valence-corrected chi connectivity index (χ2v) is 7.58. The standard InChI is InChI=1S/C23H29N5O2.HI/c1-24-23(26-10-8-17-4-7-21-19(14-17)9-13-30-21)27-15-18-2-5-20(6-3-18)28-12-11-25-22(29)16-28;/h2-7,14H,8-13,15-16H2,1H3,(H,25,29)(H2,24,26,27);1H. The van der Waals surface area contributed by atoms with E-state index in [2.05, 4.69) is 68.3 Å². The third kappa shape index (κ3) is 6.25. The van der Waals surface area contributed by atoms with Gasteiger partial charge < -0.3 is 25.6 Å². The van der Waals surface area contributed by atoms with Crippen molar-refractivity contribution in [2.75, 3.05) is 44.7 Å². The Labute approximate surface area is 200 Å². The normalized spacial score (nSPS) is 15.5. The molecule has 7 nitrogen and oxygen atoms in total. The minimum absolute atomic E-state index is 0. The van der Waals surface area contributed by atoms with Gasteiger partial charge >= 0.3 is 0 Å². The lowest BCUT2D eigenvalue weighted by Crippen LogP contribution is -2.47. The Morgan fingerprint density at radius 2 is 1.97 bits per heavy atom. The highest BCUT2D eigenvalue weighted by Crippen LogP contribution is 2.25. The molecule has 1 amide bonds. The molecule has 0 aliphatic carbocycles. The molecule has 2 heterocycles.